The molecule has 0 aliphatic carbocycles. The molecule has 1 aromatic rings. The summed E-state index contributed by atoms with van der Waals surface area (Å²) in [6.07, 6.45) is 1.11. The van der Waals surface area contributed by atoms with Crippen molar-refractivity contribution in [3.63, 3.8) is 0 Å². The quantitative estimate of drug-likeness (QED) is 0.627. The summed E-state index contributed by atoms with van der Waals surface area (Å²) in [5.74, 6) is 0. The van der Waals surface area contributed by atoms with Crippen LogP contribution in [0.3, 0.4) is 0 Å². The maximum absolute atomic E-state index is 12.0. The van der Waals surface area contributed by atoms with Gasteiger partial charge in [0, 0.05) is 13.1 Å². The number of rotatable bonds is 6. The van der Waals surface area contributed by atoms with Gasteiger partial charge in [-0.15, -0.1) is 0 Å². The van der Waals surface area contributed by atoms with Crippen molar-refractivity contribution >= 4 is 20.0 Å². The summed E-state index contributed by atoms with van der Waals surface area (Å²) in [5.41, 5.74) is 0.842. The average molecular weight is 333 g/mol. The Labute approximate surface area is 125 Å². The van der Waals surface area contributed by atoms with Crippen molar-refractivity contribution in [3.05, 3.63) is 29.8 Å². The predicted octanol–water partition coefficient (Wildman–Crippen LogP) is -0.842. The fourth-order valence-electron chi connectivity index (χ4n) is 2.19. The van der Waals surface area contributed by atoms with Gasteiger partial charge in [0.15, 0.2) is 0 Å². The molecule has 9 heteroatoms. The van der Waals surface area contributed by atoms with Gasteiger partial charge in [0.25, 0.3) is 0 Å². The van der Waals surface area contributed by atoms with Crippen LogP contribution in [0.2, 0.25) is 0 Å². The third-order valence-corrected chi connectivity index (χ3v) is 6.24. The van der Waals surface area contributed by atoms with Gasteiger partial charge in [0.2, 0.25) is 20.0 Å². The summed E-state index contributed by atoms with van der Waals surface area (Å²) in [7, 11) is -6.98. The first-order valence-corrected chi connectivity index (χ1v) is 9.69. The second kappa shape index (κ2) is 6.41. The lowest BCUT2D eigenvalue weighted by Gasteiger charge is -2.11. The topological polar surface area (TPSA) is 118 Å². The molecule has 1 aliphatic heterocycles. The number of hydrogen-bond donors (Lipinski definition) is 3. The summed E-state index contributed by atoms with van der Waals surface area (Å²) in [5, 5.41) is 7.65. The molecule has 0 amide bonds. The molecule has 1 aliphatic rings. The van der Waals surface area contributed by atoms with E-state index in [0.29, 0.717) is 19.4 Å². The van der Waals surface area contributed by atoms with Gasteiger partial charge in [-0.1, -0.05) is 12.1 Å². The lowest BCUT2D eigenvalue weighted by atomic mass is 10.2. The number of hydrogen-bond acceptors (Lipinski definition) is 5. The van der Waals surface area contributed by atoms with Gasteiger partial charge in [0.05, 0.1) is 10.1 Å². The van der Waals surface area contributed by atoms with Crippen LogP contribution in [-0.4, -0.2) is 41.7 Å². The van der Waals surface area contributed by atoms with Gasteiger partial charge >= 0.3 is 0 Å². The maximum Gasteiger partial charge on any atom is 0.238 e. The molecule has 0 bridgehead atoms. The highest BCUT2D eigenvalue weighted by Gasteiger charge is 2.27. The molecule has 1 saturated heterocycles. The molecule has 1 fully saturated rings. The van der Waals surface area contributed by atoms with Gasteiger partial charge in [-0.05, 0) is 37.1 Å². The van der Waals surface area contributed by atoms with Crippen LogP contribution in [0.1, 0.15) is 12.0 Å². The first kappa shape index (κ1) is 16.4. The lowest BCUT2D eigenvalue weighted by Crippen LogP contribution is -2.36. The van der Waals surface area contributed by atoms with Crippen LogP contribution < -0.4 is 15.2 Å². The number of nitrogens with two attached hydrogens (primary N) is 1. The van der Waals surface area contributed by atoms with Crippen LogP contribution in [0, 0.1) is 0 Å². The molecule has 0 aromatic heterocycles. The normalized spacial score (nSPS) is 19.8. The zero-order chi connectivity index (χ0) is 15.5. The summed E-state index contributed by atoms with van der Waals surface area (Å²) in [6.45, 7) is 1.49. The van der Waals surface area contributed by atoms with E-state index in [1.807, 2.05) is 0 Å². The minimum absolute atomic E-state index is 0.0452. The Kier molecular flexibility index (Phi) is 4.99. The third-order valence-electron chi connectivity index (χ3n) is 3.42. The minimum atomic E-state index is -3.69. The predicted molar refractivity (Wildman–Crippen MR) is 79.7 cm³/mol. The largest absolute Gasteiger partial charge is 0.315 e. The maximum atomic E-state index is 12.0. The SMILES string of the molecule is NS(=O)(=O)c1ccc(CCNS(=O)(=O)C2CCNC2)cc1. The fraction of sp³-hybridized carbons (Fsp3) is 0.500. The summed E-state index contributed by atoms with van der Waals surface area (Å²) >= 11 is 0. The van der Waals surface area contributed by atoms with Crippen LogP contribution in [0.15, 0.2) is 29.2 Å². The highest BCUT2D eigenvalue weighted by Crippen LogP contribution is 2.10. The van der Waals surface area contributed by atoms with Crippen molar-refractivity contribution in [3.8, 4) is 0 Å². The molecule has 1 aromatic carbocycles. The molecule has 1 atom stereocenters. The molecule has 0 radical (unpaired) electrons. The van der Waals surface area contributed by atoms with Crippen molar-refractivity contribution < 1.29 is 16.8 Å². The molecule has 2 rings (SSSR count). The Hall–Kier alpha value is -1.00. The highest BCUT2D eigenvalue weighted by atomic mass is 32.2. The second-order valence-electron chi connectivity index (χ2n) is 4.99. The zero-order valence-electron chi connectivity index (χ0n) is 11.4. The first-order chi connectivity index (χ1) is 9.79. The van der Waals surface area contributed by atoms with Crippen LogP contribution in [0.4, 0.5) is 0 Å². The highest BCUT2D eigenvalue weighted by molar-refractivity contribution is 7.90. The summed E-state index contributed by atoms with van der Waals surface area (Å²) in [6, 6.07) is 6.09. The van der Waals surface area contributed by atoms with Crippen molar-refractivity contribution in [1.82, 2.24) is 10.0 Å². The van der Waals surface area contributed by atoms with E-state index in [-0.39, 0.29) is 16.7 Å². The molecule has 21 heavy (non-hydrogen) atoms. The Morgan fingerprint density at radius 2 is 1.86 bits per heavy atom. The Balaban J connectivity index is 1.89. The minimum Gasteiger partial charge on any atom is -0.315 e. The van der Waals surface area contributed by atoms with Gasteiger partial charge < -0.3 is 5.32 Å². The van der Waals surface area contributed by atoms with Crippen LogP contribution in [-0.2, 0) is 26.5 Å². The standard InChI is InChI=1S/C12H19N3O4S2/c13-20(16,17)11-3-1-10(2-4-11)5-8-15-21(18,19)12-6-7-14-9-12/h1-4,12,14-15H,5-9H2,(H2,13,16,17). The van der Waals surface area contributed by atoms with Gasteiger partial charge in [-0.25, -0.2) is 26.7 Å². The van der Waals surface area contributed by atoms with E-state index >= 15 is 0 Å². The molecular formula is C12H19N3O4S2. The molecule has 1 heterocycles. The smallest absolute Gasteiger partial charge is 0.238 e. The molecule has 4 N–H and O–H groups in total. The van der Waals surface area contributed by atoms with Crippen LogP contribution >= 0.6 is 0 Å². The van der Waals surface area contributed by atoms with E-state index in [1.54, 1.807) is 12.1 Å². The van der Waals surface area contributed by atoms with E-state index < -0.39 is 20.0 Å². The molecular weight excluding hydrogens is 314 g/mol. The number of sulfonamides is 2. The van der Waals surface area contributed by atoms with Gasteiger partial charge in [0.1, 0.15) is 0 Å². The molecule has 0 spiro atoms. The fourth-order valence-corrected chi connectivity index (χ4v) is 4.10. The van der Waals surface area contributed by atoms with Crippen molar-refractivity contribution in [2.45, 2.75) is 23.0 Å². The third kappa shape index (κ3) is 4.48. The van der Waals surface area contributed by atoms with E-state index in [1.165, 1.54) is 12.1 Å². The summed E-state index contributed by atoms with van der Waals surface area (Å²) in [4.78, 5) is 0.0452. The first-order valence-electron chi connectivity index (χ1n) is 6.60. The van der Waals surface area contributed by atoms with E-state index in [2.05, 4.69) is 10.0 Å². The Bertz CT molecular complexity index is 678. The molecule has 7 nitrogen and oxygen atoms in total. The molecule has 0 saturated carbocycles. The number of benzene rings is 1. The summed E-state index contributed by atoms with van der Waals surface area (Å²) < 4.78 is 48.7. The monoisotopic (exact) mass is 333 g/mol. The number of nitrogens with one attached hydrogen (secondary N) is 2. The van der Waals surface area contributed by atoms with E-state index in [4.69, 9.17) is 5.14 Å². The average Bonchev–Trinajstić information content (AvgIpc) is 2.92. The molecule has 118 valence electrons. The second-order valence-corrected chi connectivity index (χ2v) is 8.60. The van der Waals surface area contributed by atoms with Crippen molar-refractivity contribution in [2.75, 3.05) is 19.6 Å². The van der Waals surface area contributed by atoms with E-state index in [9.17, 15) is 16.8 Å². The lowest BCUT2D eigenvalue weighted by molar-refractivity contribution is 0.568. The van der Waals surface area contributed by atoms with Crippen molar-refractivity contribution in [1.29, 1.82) is 0 Å². The van der Waals surface area contributed by atoms with Crippen LogP contribution in [0.25, 0.3) is 0 Å². The van der Waals surface area contributed by atoms with E-state index in [0.717, 1.165) is 12.1 Å². The van der Waals surface area contributed by atoms with Crippen molar-refractivity contribution in [2.24, 2.45) is 5.14 Å². The zero-order valence-corrected chi connectivity index (χ0v) is 13.1. The van der Waals surface area contributed by atoms with Gasteiger partial charge in [-0.2, -0.15) is 0 Å². The molecule has 1 unspecified atom stereocenters. The Morgan fingerprint density at radius 3 is 2.38 bits per heavy atom. The van der Waals surface area contributed by atoms with Crippen LogP contribution in [0.5, 0.6) is 0 Å². The Morgan fingerprint density at radius 1 is 1.19 bits per heavy atom. The van der Waals surface area contributed by atoms with Gasteiger partial charge in [-0.3, -0.25) is 0 Å². The number of primary sulfonamides is 1.